The van der Waals surface area contributed by atoms with Gasteiger partial charge >= 0.3 is 11.1 Å². The van der Waals surface area contributed by atoms with Gasteiger partial charge in [-0.15, -0.1) is 5.10 Å². The maximum absolute atomic E-state index is 12.3. The Balaban J connectivity index is 0.00000242. The molecule has 2 atom stereocenters. The average Bonchev–Trinajstić information content (AvgIpc) is 3.06. The van der Waals surface area contributed by atoms with Gasteiger partial charge < -0.3 is 21.7 Å². The third kappa shape index (κ3) is 4.82. The number of unbranched alkanes of at least 4 members (excludes halogenated alkanes) is 2. The number of halogens is 1. The lowest BCUT2D eigenvalue weighted by atomic mass is 9.89. The molecule has 0 amide bonds. The van der Waals surface area contributed by atoms with E-state index in [1.165, 1.54) is 11.3 Å². The van der Waals surface area contributed by atoms with E-state index >= 15 is 0 Å². The van der Waals surface area contributed by atoms with Crippen molar-refractivity contribution in [2.45, 2.75) is 51.6 Å². The predicted molar refractivity (Wildman–Crippen MR) is 78.1 cm³/mol. The minimum Gasteiger partial charge on any atom is -1.00 e. The van der Waals surface area contributed by atoms with Crippen molar-refractivity contribution in [2.24, 2.45) is 5.92 Å². The van der Waals surface area contributed by atoms with E-state index in [4.69, 9.17) is 4.74 Å². The minimum absolute atomic E-state index is 0. The van der Waals surface area contributed by atoms with Crippen molar-refractivity contribution in [3.8, 4) is 0 Å². The highest BCUT2D eigenvalue weighted by Crippen LogP contribution is 2.34. The first-order valence-corrected chi connectivity index (χ1v) is 8.28. The van der Waals surface area contributed by atoms with Gasteiger partial charge in [0.15, 0.2) is 5.60 Å². The summed E-state index contributed by atoms with van der Waals surface area (Å²) in [5.41, 5.74) is 0.645. The van der Waals surface area contributed by atoms with E-state index in [-0.39, 0.29) is 41.2 Å². The van der Waals surface area contributed by atoms with Crippen LogP contribution in [0.5, 0.6) is 0 Å². The Labute approximate surface area is 144 Å². The van der Waals surface area contributed by atoms with E-state index in [0.29, 0.717) is 6.42 Å². The molecule has 1 aliphatic heterocycles. The van der Waals surface area contributed by atoms with Gasteiger partial charge in [-0.05, 0) is 24.7 Å². The molecule has 1 fully saturated rings. The van der Waals surface area contributed by atoms with Gasteiger partial charge in [0.25, 0.3) is 0 Å². The molecule has 22 heavy (non-hydrogen) atoms. The summed E-state index contributed by atoms with van der Waals surface area (Å²) < 4.78 is 5.38. The number of nitrogens with zero attached hydrogens (tertiary/aromatic N) is 2. The van der Waals surface area contributed by atoms with Crippen molar-refractivity contribution in [1.29, 1.82) is 0 Å². The van der Waals surface area contributed by atoms with Crippen LogP contribution < -0.4 is 22.3 Å². The number of quaternary nitrogens is 1. The Hall–Kier alpha value is -0.860. The second-order valence-electron chi connectivity index (χ2n) is 5.66. The molecule has 124 valence electrons. The summed E-state index contributed by atoms with van der Waals surface area (Å²) >= 11 is 1.38. The number of ether oxygens (including phenoxy) is 1. The molecule has 1 aromatic rings. The van der Waals surface area contributed by atoms with Crippen molar-refractivity contribution >= 4 is 28.2 Å². The van der Waals surface area contributed by atoms with Gasteiger partial charge in [-0.1, -0.05) is 31.3 Å². The molecule has 2 rings (SSSR count). The number of esters is 1. The number of hydrogen-bond donors (Lipinski definition) is 1. The standard InChI is InChI=1S/C14H21N3O3S.BrH/c1-3-4-5-6-10-7-14(2,20-12(10)19)11(18)8-15-13-17-16-9-21-13;/h9-10H,3-8H2,1-2H3,(H,15,17);1H. The lowest BCUT2D eigenvalue weighted by molar-refractivity contribution is -0.559. The Kier molecular flexibility index (Phi) is 7.58. The van der Waals surface area contributed by atoms with E-state index in [2.05, 4.69) is 17.1 Å². The number of Topliss-reactive ketones (excluding diaryl/α,β-unsaturated/α-hetero) is 1. The Morgan fingerprint density at radius 1 is 1.55 bits per heavy atom. The van der Waals surface area contributed by atoms with Crippen LogP contribution in [-0.2, 0) is 14.3 Å². The van der Waals surface area contributed by atoms with Crippen LogP contribution in [0.1, 0.15) is 46.0 Å². The van der Waals surface area contributed by atoms with E-state index in [1.54, 1.807) is 17.8 Å². The van der Waals surface area contributed by atoms with Crippen LogP contribution in [0, 0.1) is 5.92 Å². The van der Waals surface area contributed by atoms with Crippen LogP contribution >= 0.6 is 11.3 Å². The molecule has 0 radical (unpaired) electrons. The first-order chi connectivity index (χ1) is 10.0. The van der Waals surface area contributed by atoms with E-state index in [1.807, 2.05) is 0 Å². The first kappa shape index (κ1) is 19.2. The van der Waals surface area contributed by atoms with E-state index < -0.39 is 5.60 Å². The summed E-state index contributed by atoms with van der Waals surface area (Å²) in [5.74, 6) is -0.422. The predicted octanol–water partition coefficient (Wildman–Crippen LogP) is -1.79. The fourth-order valence-electron chi connectivity index (χ4n) is 2.60. The van der Waals surface area contributed by atoms with Crippen molar-refractivity contribution < 1.29 is 36.6 Å². The molecule has 1 aliphatic rings. The van der Waals surface area contributed by atoms with Crippen molar-refractivity contribution in [2.75, 3.05) is 6.54 Å². The highest BCUT2D eigenvalue weighted by Gasteiger charge is 2.48. The second kappa shape index (κ2) is 8.69. The third-order valence-electron chi connectivity index (χ3n) is 3.88. The summed E-state index contributed by atoms with van der Waals surface area (Å²) in [5, 5.41) is 10.0. The molecular weight excluding hydrogens is 370 g/mol. The van der Waals surface area contributed by atoms with Gasteiger partial charge in [-0.25, -0.2) is 0 Å². The molecule has 0 bridgehead atoms. The molecule has 1 saturated heterocycles. The number of ketones is 1. The van der Waals surface area contributed by atoms with Crippen molar-refractivity contribution in [3.05, 3.63) is 5.51 Å². The van der Waals surface area contributed by atoms with Crippen LogP contribution in [-0.4, -0.2) is 34.1 Å². The summed E-state index contributed by atoms with van der Waals surface area (Å²) in [4.78, 5) is 24.2. The molecule has 8 heteroatoms. The molecule has 2 unspecified atom stereocenters. The van der Waals surface area contributed by atoms with Crippen LogP contribution in [0.15, 0.2) is 5.51 Å². The molecule has 0 aliphatic carbocycles. The number of carbonyl (C=O) groups is 2. The van der Waals surface area contributed by atoms with Crippen LogP contribution in [0.3, 0.4) is 0 Å². The monoisotopic (exact) mass is 391 g/mol. The molecule has 2 heterocycles. The first-order valence-electron chi connectivity index (χ1n) is 7.40. The molecule has 6 nitrogen and oxygen atoms in total. The number of cyclic esters (lactones) is 1. The SMILES string of the molecule is CCCCCC1CC(C)(C(=O)C[NH2+]c2nncs2)OC1=O.[Br-]. The third-order valence-corrected chi connectivity index (χ3v) is 4.57. The summed E-state index contributed by atoms with van der Waals surface area (Å²) in [6, 6.07) is 0. The molecule has 0 saturated carbocycles. The van der Waals surface area contributed by atoms with Gasteiger partial charge in [0.05, 0.1) is 5.92 Å². The number of hydrogen-bond acceptors (Lipinski definition) is 6. The largest absolute Gasteiger partial charge is 1.00 e. The number of rotatable bonds is 8. The summed E-state index contributed by atoms with van der Waals surface area (Å²) in [7, 11) is 0. The van der Waals surface area contributed by atoms with Crippen LogP contribution in [0.25, 0.3) is 0 Å². The number of aromatic nitrogens is 2. The van der Waals surface area contributed by atoms with E-state index in [9.17, 15) is 9.59 Å². The van der Waals surface area contributed by atoms with Crippen molar-refractivity contribution in [1.82, 2.24) is 10.2 Å². The molecule has 1 aromatic heterocycles. The summed E-state index contributed by atoms with van der Waals surface area (Å²) in [6.45, 7) is 4.07. The van der Waals surface area contributed by atoms with Gasteiger partial charge in [0.1, 0.15) is 12.1 Å². The molecule has 0 aromatic carbocycles. The van der Waals surface area contributed by atoms with E-state index in [0.717, 1.165) is 30.8 Å². The summed E-state index contributed by atoms with van der Waals surface area (Å²) in [6.07, 6.45) is 4.56. The van der Waals surface area contributed by atoms with Crippen LogP contribution in [0.2, 0.25) is 0 Å². The molecular formula is C14H22BrN3O3S. The topological polar surface area (TPSA) is 85.8 Å². The highest BCUT2D eigenvalue weighted by atomic mass is 79.9. The van der Waals surface area contributed by atoms with Gasteiger partial charge in [0.2, 0.25) is 5.78 Å². The van der Waals surface area contributed by atoms with Crippen molar-refractivity contribution in [3.63, 3.8) is 0 Å². The lowest BCUT2D eigenvalue weighted by Gasteiger charge is -2.19. The zero-order valence-electron chi connectivity index (χ0n) is 12.9. The highest BCUT2D eigenvalue weighted by molar-refractivity contribution is 7.12. The Morgan fingerprint density at radius 3 is 2.95 bits per heavy atom. The van der Waals surface area contributed by atoms with Crippen LogP contribution in [0.4, 0.5) is 5.13 Å². The molecule has 2 N–H and O–H groups in total. The smallest absolute Gasteiger partial charge is 0.310 e. The number of nitrogens with two attached hydrogens (primary N) is 1. The van der Waals surface area contributed by atoms with Gasteiger partial charge in [-0.3, -0.25) is 14.9 Å². The zero-order chi connectivity index (χ0) is 15.3. The average molecular weight is 392 g/mol. The normalized spacial score (nSPS) is 23.9. The quantitative estimate of drug-likeness (QED) is 0.417. The van der Waals surface area contributed by atoms with Gasteiger partial charge in [-0.2, -0.15) is 0 Å². The Morgan fingerprint density at radius 2 is 2.32 bits per heavy atom. The fraction of sp³-hybridized carbons (Fsp3) is 0.714. The fourth-order valence-corrected chi connectivity index (χ4v) is 3.07. The van der Waals surface area contributed by atoms with Gasteiger partial charge in [0, 0.05) is 6.42 Å². The Bertz CT molecular complexity index is 498. The maximum Gasteiger partial charge on any atom is 0.310 e. The lowest BCUT2D eigenvalue weighted by Crippen LogP contribution is -3.00. The maximum atomic E-state index is 12.3. The zero-order valence-corrected chi connectivity index (χ0v) is 15.3. The second-order valence-corrected chi connectivity index (χ2v) is 6.52. The number of carbonyl (C=O) groups excluding carboxylic acids is 2. The minimum atomic E-state index is -0.977. The molecule has 0 spiro atoms.